The van der Waals surface area contributed by atoms with Crippen molar-refractivity contribution in [2.24, 2.45) is 0 Å². The molecule has 0 aromatic heterocycles. The minimum atomic E-state index is -0.0986. The summed E-state index contributed by atoms with van der Waals surface area (Å²) in [5.74, 6) is 0. The molecule has 2 aliphatic carbocycles. The van der Waals surface area contributed by atoms with E-state index in [1.807, 2.05) is 0 Å². The molecule has 1 heteroatoms. The standard InChI is InChI=1S/C62H59N/c1-59(2,3)46-25-19-40(20-26-46)41-21-29-48(30-22-41)63(49-31-27-47(28-32-49)60(4,5)6)50-36-44(42-23-33-53-51-15-11-13-17-55(51)61(7,8)57(53)38-42)35-45(37-50)43-24-34-54-52-16-12-14-18-56(52)62(9,10)58(54)39-43/h11-39H,1-10H3. The molecule has 1 nitrogen and oxygen atoms in total. The second-order valence-electron chi connectivity index (χ2n) is 21.1. The minimum absolute atomic E-state index is 0.0443. The first kappa shape index (κ1) is 40.6. The van der Waals surface area contributed by atoms with E-state index in [1.165, 1.54) is 89.0 Å². The maximum atomic E-state index is 2.46. The summed E-state index contributed by atoms with van der Waals surface area (Å²) >= 11 is 0. The lowest BCUT2D eigenvalue weighted by atomic mass is 9.81. The van der Waals surface area contributed by atoms with E-state index in [1.54, 1.807) is 0 Å². The first-order valence-electron chi connectivity index (χ1n) is 22.7. The molecule has 0 atom stereocenters. The fourth-order valence-electron chi connectivity index (χ4n) is 10.4. The van der Waals surface area contributed by atoms with Crippen molar-refractivity contribution in [1.82, 2.24) is 0 Å². The molecular weight excluding hydrogens is 759 g/mol. The normalized spacial score (nSPS) is 14.4. The Kier molecular flexibility index (Phi) is 9.39. The third-order valence-electron chi connectivity index (χ3n) is 14.2. The molecular formula is C62H59N. The molecule has 0 radical (unpaired) electrons. The summed E-state index contributed by atoms with van der Waals surface area (Å²) in [5.41, 5.74) is 24.2. The molecule has 0 aliphatic heterocycles. The zero-order chi connectivity index (χ0) is 44.1. The van der Waals surface area contributed by atoms with E-state index in [0.29, 0.717) is 0 Å². The van der Waals surface area contributed by atoms with E-state index in [4.69, 9.17) is 0 Å². The predicted octanol–water partition coefficient (Wildman–Crippen LogP) is 17.4. The van der Waals surface area contributed by atoms with Gasteiger partial charge < -0.3 is 4.90 Å². The average molecular weight is 818 g/mol. The zero-order valence-corrected chi connectivity index (χ0v) is 38.7. The van der Waals surface area contributed by atoms with Crippen molar-refractivity contribution in [3.05, 3.63) is 209 Å². The van der Waals surface area contributed by atoms with Gasteiger partial charge in [-0.3, -0.25) is 0 Å². The first-order valence-corrected chi connectivity index (χ1v) is 22.7. The van der Waals surface area contributed by atoms with Gasteiger partial charge in [0.15, 0.2) is 0 Å². The molecule has 2 aliphatic rings. The van der Waals surface area contributed by atoms with Crippen molar-refractivity contribution in [2.75, 3.05) is 4.90 Å². The van der Waals surface area contributed by atoms with Crippen molar-refractivity contribution in [2.45, 2.75) is 90.9 Å². The molecule has 0 amide bonds. The topological polar surface area (TPSA) is 3.24 Å². The van der Waals surface area contributed by atoms with Gasteiger partial charge in [0.25, 0.3) is 0 Å². The van der Waals surface area contributed by atoms with Crippen LogP contribution in [-0.4, -0.2) is 0 Å². The van der Waals surface area contributed by atoms with Crippen molar-refractivity contribution < 1.29 is 0 Å². The molecule has 0 saturated carbocycles. The molecule has 312 valence electrons. The van der Waals surface area contributed by atoms with Crippen LogP contribution in [0.25, 0.3) is 55.6 Å². The summed E-state index contributed by atoms with van der Waals surface area (Å²) in [6, 6.07) is 66.8. The fraction of sp³-hybridized carbons (Fsp3) is 0.226. The van der Waals surface area contributed by atoms with E-state index >= 15 is 0 Å². The maximum absolute atomic E-state index is 2.46. The Morgan fingerprint density at radius 3 is 1.08 bits per heavy atom. The van der Waals surface area contributed by atoms with Crippen LogP contribution >= 0.6 is 0 Å². The lowest BCUT2D eigenvalue weighted by molar-refractivity contribution is 0.590. The van der Waals surface area contributed by atoms with Gasteiger partial charge in [0.1, 0.15) is 0 Å². The van der Waals surface area contributed by atoms with E-state index in [2.05, 4.69) is 250 Å². The van der Waals surface area contributed by atoms with Gasteiger partial charge in [0.05, 0.1) is 0 Å². The first-order chi connectivity index (χ1) is 30.0. The second-order valence-corrected chi connectivity index (χ2v) is 21.1. The highest BCUT2D eigenvalue weighted by atomic mass is 15.1. The smallest absolute Gasteiger partial charge is 0.0473 e. The number of hydrogen-bond donors (Lipinski definition) is 0. The van der Waals surface area contributed by atoms with Crippen molar-refractivity contribution >= 4 is 17.1 Å². The number of fused-ring (bicyclic) bond motifs is 6. The highest BCUT2D eigenvalue weighted by Gasteiger charge is 2.37. The molecule has 0 N–H and O–H groups in total. The van der Waals surface area contributed by atoms with Gasteiger partial charge >= 0.3 is 0 Å². The van der Waals surface area contributed by atoms with Crippen molar-refractivity contribution in [3.8, 4) is 55.6 Å². The molecule has 63 heavy (non-hydrogen) atoms. The average Bonchev–Trinajstić information content (AvgIpc) is 3.65. The highest BCUT2D eigenvalue weighted by Crippen LogP contribution is 2.52. The minimum Gasteiger partial charge on any atom is -0.310 e. The van der Waals surface area contributed by atoms with Gasteiger partial charge in [-0.25, -0.2) is 0 Å². The Morgan fingerprint density at radius 2 is 0.651 bits per heavy atom. The van der Waals surface area contributed by atoms with Gasteiger partial charge in [-0.15, -0.1) is 0 Å². The lowest BCUT2D eigenvalue weighted by Gasteiger charge is -2.28. The van der Waals surface area contributed by atoms with Crippen LogP contribution in [0.5, 0.6) is 0 Å². The largest absolute Gasteiger partial charge is 0.310 e. The molecule has 0 spiro atoms. The summed E-state index contributed by atoms with van der Waals surface area (Å²) < 4.78 is 0. The number of benzene rings is 8. The number of rotatable bonds is 6. The fourth-order valence-corrected chi connectivity index (χ4v) is 10.4. The number of nitrogens with zero attached hydrogens (tertiary/aromatic N) is 1. The monoisotopic (exact) mass is 817 g/mol. The molecule has 0 saturated heterocycles. The molecule has 10 rings (SSSR count). The van der Waals surface area contributed by atoms with Gasteiger partial charge in [0, 0.05) is 27.9 Å². The van der Waals surface area contributed by atoms with Gasteiger partial charge in [-0.2, -0.15) is 0 Å². The number of hydrogen-bond acceptors (Lipinski definition) is 1. The van der Waals surface area contributed by atoms with Crippen molar-refractivity contribution in [3.63, 3.8) is 0 Å². The Balaban J connectivity index is 1.15. The SMILES string of the molecule is CC(C)(C)c1ccc(-c2ccc(N(c3ccc(C(C)(C)C)cc3)c3cc(-c4ccc5c(c4)C(C)(C)c4ccccc4-5)cc(-c4ccc5c(c4)C(C)(C)c4ccccc4-5)c3)cc2)cc1. The van der Waals surface area contributed by atoms with E-state index in [-0.39, 0.29) is 21.7 Å². The van der Waals surface area contributed by atoms with Crippen LogP contribution in [0.4, 0.5) is 17.1 Å². The van der Waals surface area contributed by atoms with Crippen LogP contribution in [0.15, 0.2) is 176 Å². The third-order valence-corrected chi connectivity index (χ3v) is 14.2. The van der Waals surface area contributed by atoms with Crippen LogP contribution in [0.3, 0.4) is 0 Å². The summed E-state index contributed by atoms with van der Waals surface area (Å²) in [6.07, 6.45) is 0. The van der Waals surface area contributed by atoms with Crippen LogP contribution in [0.1, 0.15) is 103 Å². The Labute approximate surface area is 376 Å². The quantitative estimate of drug-likeness (QED) is 0.162. The Hall–Kier alpha value is -6.44. The van der Waals surface area contributed by atoms with Crippen LogP contribution in [-0.2, 0) is 21.7 Å². The van der Waals surface area contributed by atoms with E-state index < -0.39 is 0 Å². The van der Waals surface area contributed by atoms with Gasteiger partial charge in [-0.1, -0.05) is 191 Å². The van der Waals surface area contributed by atoms with E-state index in [0.717, 1.165) is 17.1 Å². The third kappa shape index (κ3) is 6.94. The summed E-state index contributed by atoms with van der Waals surface area (Å²) in [7, 11) is 0. The van der Waals surface area contributed by atoms with Crippen LogP contribution < -0.4 is 4.90 Å². The van der Waals surface area contributed by atoms with Crippen LogP contribution in [0, 0.1) is 0 Å². The molecule has 0 fully saturated rings. The maximum Gasteiger partial charge on any atom is 0.0473 e. The van der Waals surface area contributed by atoms with Crippen LogP contribution in [0.2, 0.25) is 0 Å². The Bertz CT molecular complexity index is 2910. The lowest BCUT2D eigenvalue weighted by Crippen LogP contribution is -2.15. The summed E-state index contributed by atoms with van der Waals surface area (Å²) in [5, 5.41) is 0. The molecule has 8 aromatic rings. The van der Waals surface area contributed by atoms with E-state index in [9.17, 15) is 0 Å². The molecule has 0 heterocycles. The highest BCUT2D eigenvalue weighted by molar-refractivity contribution is 5.90. The molecule has 8 aromatic carbocycles. The summed E-state index contributed by atoms with van der Waals surface area (Å²) in [4.78, 5) is 2.45. The van der Waals surface area contributed by atoms with Gasteiger partial charge in [-0.05, 0) is 154 Å². The van der Waals surface area contributed by atoms with Crippen molar-refractivity contribution in [1.29, 1.82) is 0 Å². The molecule has 0 unspecified atom stereocenters. The zero-order valence-electron chi connectivity index (χ0n) is 38.7. The second kappa shape index (κ2) is 14.6. The number of anilines is 3. The van der Waals surface area contributed by atoms with Gasteiger partial charge in [0.2, 0.25) is 0 Å². The Morgan fingerprint density at radius 1 is 0.302 bits per heavy atom. The predicted molar refractivity (Wildman–Crippen MR) is 270 cm³/mol. The summed E-state index contributed by atoms with van der Waals surface area (Å²) in [6.45, 7) is 23.2. The molecule has 0 bridgehead atoms.